The smallest absolute Gasteiger partial charge is 0.237 e. The van der Waals surface area contributed by atoms with E-state index in [1.54, 1.807) is 0 Å². The van der Waals surface area contributed by atoms with Crippen molar-refractivity contribution in [3.8, 4) is 0 Å². The number of piperazine rings is 1. The van der Waals surface area contributed by atoms with Gasteiger partial charge in [-0.3, -0.25) is 4.79 Å². The summed E-state index contributed by atoms with van der Waals surface area (Å²) in [5.41, 5.74) is 1.31. The summed E-state index contributed by atoms with van der Waals surface area (Å²) >= 11 is 0. The summed E-state index contributed by atoms with van der Waals surface area (Å²) in [6.07, 6.45) is 0.963. The maximum atomic E-state index is 11.7. The SMILES string of the molecule is CC(C)C1NC(Cc2ccccc2)CNC1=O. The van der Waals surface area contributed by atoms with Crippen LogP contribution in [0.15, 0.2) is 30.3 Å². The Bertz CT molecular complexity index is 375. The van der Waals surface area contributed by atoms with Crippen molar-refractivity contribution in [2.45, 2.75) is 32.4 Å². The van der Waals surface area contributed by atoms with Gasteiger partial charge in [-0.15, -0.1) is 0 Å². The molecule has 1 heterocycles. The average molecular weight is 232 g/mol. The standard InChI is InChI=1S/C14H20N2O/c1-10(2)13-14(17)15-9-12(16-13)8-11-6-4-3-5-7-11/h3-7,10,12-13,16H,8-9H2,1-2H3,(H,15,17). The van der Waals surface area contributed by atoms with E-state index in [1.165, 1.54) is 5.56 Å². The average Bonchev–Trinajstić information content (AvgIpc) is 2.32. The highest BCUT2D eigenvalue weighted by Gasteiger charge is 2.29. The van der Waals surface area contributed by atoms with Crippen LogP contribution < -0.4 is 10.6 Å². The fourth-order valence-corrected chi connectivity index (χ4v) is 2.25. The third-order valence-corrected chi connectivity index (χ3v) is 3.21. The summed E-state index contributed by atoms with van der Waals surface area (Å²) in [4.78, 5) is 11.7. The van der Waals surface area contributed by atoms with Crippen molar-refractivity contribution in [3.63, 3.8) is 0 Å². The van der Waals surface area contributed by atoms with Crippen LogP contribution in [0.1, 0.15) is 19.4 Å². The number of nitrogens with one attached hydrogen (secondary N) is 2. The lowest BCUT2D eigenvalue weighted by molar-refractivity contribution is -0.126. The molecule has 2 atom stereocenters. The van der Waals surface area contributed by atoms with Crippen molar-refractivity contribution in [2.75, 3.05) is 6.54 Å². The Balaban J connectivity index is 1.97. The molecular formula is C14H20N2O. The molecule has 0 radical (unpaired) electrons. The molecule has 3 nitrogen and oxygen atoms in total. The van der Waals surface area contributed by atoms with Crippen LogP contribution in [0.2, 0.25) is 0 Å². The van der Waals surface area contributed by atoms with Gasteiger partial charge in [0.2, 0.25) is 5.91 Å². The van der Waals surface area contributed by atoms with Crippen LogP contribution in [-0.4, -0.2) is 24.5 Å². The lowest BCUT2D eigenvalue weighted by Crippen LogP contribution is -2.60. The first-order chi connectivity index (χ1) is 8.16. The lowest BCUT2D eigenvalue weighted by atomic mass is 9.97. The highest BCUT2D eigenvalue weighted by Crippen LogP contribution is 2.10. The molecule has 1 aliphatic heterocycles. The molecule has 1 aromatic rings. The van der Waals surface area contributed by atoms with Gasteiger partial charge < -0.3 is 10.6 Å². The van der Waals surface area contributed by atoms with Gasteiger partial charge in [-0.1, -0.05) is 44.2 Å². The summed E-state index contributed by atoms with van der Waals surface area (Å²) in [5.74, 6) is 0.456. The minimum Gasteiger partial charge on any atom is -0.353 e. The van der Waals surface area contributed by atoms with Crippen LogP contribution >= 0.6 is 0 Å². The van der Waals surface area contributed by atoms with Crippen LogP contribution in [-0.2, 0) is 11.2 Å². The van der Waals surface area contributed by atoms with Gasteiger partial charge in [-0.05, 0) is 17.9 Å². The minimum absolute atomic E-state index is 0.0579. The van der Waals surface area contributed by atoms with Gasteiger partial charge in [0, 0.05) is 12.6 Å². The summed E-state index contributed by atoms with van der Waals surface area (Å²) in [7, 11) is 0. The number of benzene rings is 1. The van der Waals surface area contributed by atoms with Crippen LogP contribution in [0.4, 0.5) is 0 Å². The zero-order valence-electron chi connectivity index (χ0n) is 10.4. The van der Waals surface area contributed by atoms with Crippen LogP contribution in [0.3, 0.4) is 0 Å². The first kappa shape index (κ1) is 12.1. The largest absolute Gasteiger partial charge is 0.353 e. The zero-order chi connectivity index (χ0) is 12.3. The lowest BCUT2D eigenvalue weighted by Gasteiger charge is -2.33. The number of carbonyl (C=O) groups is 1. The number of carbonyl (C=O) groups excluding carboxylic acids is 1. The fourth-order valence-electron chi connectivity index (χ4n) is 2.25. The Morgan fingerprint density at radius 1 is 1.29 bits per heavy atom. The van der Waals surface area contributed by atoms with Gasteiger partial charge in [0.1, 0.15) is 0 Å². The van der Waals surface area contributed by atoms with E-state index >= 15 is 0 Å². The van der Waals surface area contributed by atoms with E-state index in [1.807, 2.05) is 6.07 Å². The highest BCUT2D eigenvalue weighted by molar-refractivity contribution is 5.82. The van der Waals surface area contributed by atoms with Crippen molar-refractivity contribution in [1.29, 1.82) is 0 Å². The Kier molecular flexibility index (Phi) is 3.79. The molecular weight excluding hydrogens is 212 g/mol. The van der Waals surface area contributed by atoms with Crippen molar-refractivity contribution in [1.82, 2.24) is 10.6 Å². The van der Waals surface area contributed by atoms with Crippen molar-refractivity contribution in [2.24, 2.45) is 5.92 Å². The molecule has 1 fully saturated rings. The van der Waals surface area contributed by atoms with E-state index in [4.69, 9.17) is 0 Å². The summed E-state index contributed by atoms with van der Waals surface area (Å²) in [6, 6.07) is 10.7. The third-order valence-electron chi connectivity index (χ3n) is 3.21. The summed E-state index contributed by atoms with van der Waals surface area (Å²) in [6.45, 7) is 4.86. The molecule has 1 amide bonds. The maximum Gasteiger partial charge on any atom is 0.237 e. The molecule has 1 aromatic carbocycles. The molecule has 1 saturated heterocycles. The van der Waals surface area contributed by atoms with Crippen molar-refractivity contribution in [3.05, 3.63) is 35.9 Å². The van der Waals surface area contributed by atoms with Gasteiger partial charge in [0.15, 0.2) is 0 Å². The van der Waals surface area contributed by atoms with Gasteiger partial charge in [0.25, 0.3) is 0 Å². The predicted octanol–water partition coefficient (Wildman–Crippen LogP) is 1.34. The summed E-state index contributed by atoms with van der Waals surface area (Å²) in [5, 5.41) is 6.42. The zero-order valence-corrected chi connectivity index (χ0v) is 10.4. The molecule has 2 N–H and O–H groups in total. The number of hydrogen-bond acceptors (Lipinski definition) is 2. The van der Waals surface area contributed by atoms with Crippen LogP contribution in [0.5, 0.6) is 0 Å². The topological polar surface area (TPSA) is 41.1 Å². The fraction of sp³-hybridized carbons (Fsp3) is 0.500. The van der Waals surface area contributed by atoms with Crippen LogP contribution in [0.25, 0.3) is 0 Å². The first-order valence-corrected chi connectivity index (χ1v) is 6.24. The molecule has 0 bridgehead atoms. The molecule has 0 spiro atoms. The van der Waals surface area contributed by atoms with Crippen molar-refractivity contribution < 1.29 is 4.79 Å². The maximum absolute atomic E-state index is 11.7. The second-order valence-corrected chi connectivity index (χ2v) is 5.02. The number of hydrogen-bond donors (Lipinski definition) is 2. The van der Waals surface area contributed by atoms with Crippen LogP contribution in [0, 0.1) is 5.92 Å². The van der Waals surface area contributed by atoms with Gasteiger partial charge in [-0.2, -0.15) is 0 Å². The molecule has 2 unspecified atom stereocenters. The molecule has 17 heavy (non-hydrogen) atoms. The monoisotopic (exact) mass is 232 g/mol. The quantitative estimate of drug-likeness (QED) is 0.826. The molecule has 3 heteroatoms. The van der Waals surface area contributed by atoms with Gasteiger partial charge in [0.05, 0.1) is 6.04 Å². The Morgan fingerprint density at radius 3 is 2.65 bits per heavy atom. The van der Waals surface area contributed by atoms with E-state index < -0.39 is 0 Å². The highest BCUT2D eigenvalue weighted by atomic mass is 16.2. The third kappa shape index (κ3) is 3.07. The first-order valence-electron chi connectivity index (χ1n) is 6.24. The molecule has 0 aliphatic carbocycles. The van der Waals surface area contributed by atoms with Crippen molar-refractivity contribution >= 4 is 5.91 Å². The molecule has 0 aromatic heterocycles. The summed E-state index contributed by atoms with van der Waals surface area (Å²) < 4.78 is 0. The second-order valence-electron chi connectivity index (χ2n) is 5.02. The predicted molar refractivity (Wildman–Crippen MR) is 68.7 cm³/mol. The molecule has 92 valence electrons. The van der Waals surface area contributed by atoms with E-state index in [-0.39, 0.29) is 11.9 Å². The van der Waals surface area contributed by atoms with E-state index in [0.717, 1.165) is 13.0 Å². The van der Waals surface area contributed by atoms with Gasteiger partial charge >= 0.3 is 0 Å². The van der Waals surface area contributed by atoms with Gasteiger partial charge in [-0.25, -0.2) is 0 Å². The number of amides is 1. The number of rotatable bonds is 3. The minimum atomic E-state index is -0.0579. The van der Waals surface area contributed by atoms with E-state index in [0.29, 0.717) is 12.0 Å². The molecule has 0 saturated carbocycles. The Labute approximate surface area is 103 Å². The Hall–Kier alpha value is -1.35. The van der Waals surface area contributed by atoms with E-state index in [9.17, 15) is 4.79 Å². The second kappa shape index (κ2) is 5.32. The normalized spacial score (nSPS) is 24.8. The molecule has 1 aliphatic rings. The Morgan fingerprint density at radius 2 is 2.00 bits per heavy atom. The molecule has 2 rings (SSSR count). The van der Waals surface area contributed by atoms with E-state index in [2.05, 4.69) is 48.7 Å².